The molecular formula is C29H34N2O3. The Balaban J connectivity index is 1.89. The van der Waals surface area contributed by atoms with E-state index in [1.54, 1.807) is 11.9 Å². The summed E-state index contributed by atoms with van der Waals surface area (Å²) in [4.78, 5) is 28.2. The van der Waals surface area contributed by atoms with E-state index in [0.717, 1.165) is 22.3 Å². The number of para-hydroxylation sites is 1. The zero-order valence-corrected chi connectivity index (χ0v) is 20.5. The fourth-order valence-electron chi connectivity index (χ4n) is 4.04. The standard InChI is InChI=1S/C29H34N2O3/c1-21(2)25-15-8-9-16-27(25)34-20-28(32)31(19-24-14-10-11-22(3)17-24)26(29(33)30-4)18-23-12-6-5-7-13-23/h5-17,21,26H,18-20H2,1-4H3,(H,30,33). The highest BCUT2D eigenvalue weighted by atomic mass is 16.5. The smallest absolute Gasteiger partial charge is 0.261 e. The molecule has 0 bridgehead atoms. The maximum atomic E-state index is 13.6. The SMILES string of the molecule is CNC(=O)C(Cc1ccccc1)N(Cc1cccc(C)c1)C(=O)COc1ccccc1C(C)C. The lowest BCUT2D eigenvalue weighted by Crippen LogP contribution is -2.51. The first-order chi connectivity index (χ1) is 16.4. The molecule has 3 aromatic rings. The Morgan fingerprint density at radius 1 is 0.912 bits per heavy atom. The molecule has 1 atom stereocenters. The first-order valence-electron chi connectivity index (χ1n) is 11.7. The van der Waals surface area contributed by atoms with Crippen molar-refractivity contribution in [3.8, 4) is 5.75 Å². The molecule has 178 valence electrons. The van der Waals surface area contributed by atoms with E-state index in [2.05, 4.69) is 19.2 Å². The van der Waals surface area contributed by atoms with Crippen molar-refractivity contribution >= 4 is 11.8 Å². The van der Waals surface area contributed by atoms with Gasteiger partial charge in [-0.05, 0) is 35.6 Å². The van der Waals surface area contributed by atoms with Crippen molar-refractivity contribution in [1.82, 2.24) is 10.2 Å². The van der Waals surface area contributed by atoms with E-state index in [1.807, 2.05) is 85.8 Å². The van der Waals surface area contributed by atoms with Gasteiger partial charge >= 0.3 is 0 Å². The van der Waals surface area contributed by atoms with Crippen molar-refractivity contribution in [2.24, 2.45) is 0 Å². The molecule has 0 heterocycles. The summed E-state index contributed by atoms with van der Waals surface area (Å²) in [5.74, 6) is 0.532. The third-order valence-corrected chi connectivity index (χ3v) is 5.85. The topological polar surface area (TPSA) is 58.6 Å². The van der Waals surface area contributed by atoms with Gasteiger partial charge in [-0.2, -0.15) is 0 Å². The lowest BCUT2D eigenvalue weighted by atomic mass is 10.0. The van der Waals surface area contributed by atoms with Crippen molar-refractivity contribution in [3.63, 3.8) is 0 Å². The predicted molar refractivity (Wildman–Crippen MR) is 136 cm³/mol. The molecule has 0 aromatic heterocycles. The zero-order chi connectivity index (χ0) is 24.5. The Bertz CT molecular complexity index is 1100. The van der Waals surface area contributed by atoms with Crippen molar-refractivity contribution in [2.75, 3.05) is 13.7 Å². The summed E-state index contributed by atoms with van der Waals surface area (Å²) >= 11 is 0. The maximum Gasteiger partial charge on any atom is 0.261 e. The van der Waals surface area contributed by atoms with E-state index < -0.39 is 6.04 Å². The van der Waals surface area contributed by atoms with Crippen LogP contribution in [0.1, 0.15) is 42.0 Å². The summed E-state index contributed by atoms with van der Waals surface area (Å²) in [7, 11) is 1.60. The van der Waals surface area contributed by atoms with Gasteiger partial charge in [-0.25, -0.2) is 0 Å². The van der Waals surface area contributed by atoms with E-state index >= 15 is 0 Å². The number of rotatable bonds is 10. The summed E-state index contributed by atoms with van der Waals surface area (Å²) in [6.07, 6.45) is 0.417. The lowest BCUT2D eigenvalue weighted by molar-refractivity contribution is -0.142. The first kappa shape index (κ1) is 25.0. The molecule has 1 N–H and O–H groups in total. The normalized spacial score (nSPS) is 11.7. The monoisotopic (exact) mass is 458 g/mol. The minimum atomic E-state index is -0.663. The molecule has 1 unspecified atom stereocenters. The molecule has 0 saturated carbocycles. The zero-order valence-electron chi connectivity index (χ0n) is 20.5. The van der Waals surface area contributed by atoms with Gasteiger partial charge in [0.25, 0.3) is 5.91 Å². The van der Waals surface area contributed by atoms with E-state index in [1.165, 1.54) is 0 Å². The molecule has 0 aliphatic carbocycles. The van der Waals surface area contributed by atoms with E-state index in [-0.39, 0.29) is 24.3 Å². The molecule has 2 amide bonds. The van der Waals surface area contributed by atoms with Crippen LogP contribution < -0.4 is 10.1 Å². The Hall–Kier alpha value is -3.60. The Kier molecular flexibility index (Phi) is 8.86. The van der Waals surface area contributed by atoms with Gasteiger partial charge in [0, 0.05) is 20.0 Å². The average Bonchev–Trinajstić information content (AvgIpc) is 2.85. The number of carbonyl (C=O) groups excluding carboxylic acids is 2. The molecule has 0 spiro atoms. The molecule has 0 aliphatic rings. The largest absolute Gasteiger partial charge is 0.483 e. The maximum absolute atomic E-state index is 13.6. The summed E-state index contributed by atoms with van der Waals surface area (Å²) in [5, 5.41) is 2.74. The molecule has 3 aromatic carbocycles. The van der Waals surface area contributed by atoms with Crippen LogP contribution >= 0.6 is 0 Å². The van der Waals surface area contributed by atoms with Crippen LogP contribution in [0.15, 0.2) is 78.9 Å². The average molecular weight is 459 g/mol. The van der Waals surface area contributed by atoms with Gasteiger partial charge in [0.05, 0.1) is 0 Å². The highest BCUT2D eigenvalue weighted by Gasteiger charge is 2.30. The number of hydrogen-bond acceptors (Lipinski definition) is 3. The van der Waals surface area contributed by atoms with Crippen molar-refractivity contribution < 1.29 is 14.3 Å². The van der Waals surface area contributed by atoms with Crippen LogP contribution in [0, 0.1) is 6.92 Å². The van der Waals surface area contributed by atoms with Crippen LogP contribution in [0.4, 0.5) is 0 Å². The second-order valence-corrected chi connectivity index (χ2v) is 8.81. The first-order valence-corrected chi connectivity index (χ1v) is 11.7. The van der Waals surface area contributed by atoms with Gasteiger partial charge in [0.2, 0.25) is 5.91 Å². The van der Waals surface area contributed by atoms with Crippen LogP contribution in [0.5, 0.6) is 5.75 Å². The Morgan fingerprint density at radius 3 is 2.26 bits per heavy atom. The van der Waals surface area contributed by atoms with Crippen LogP contribution in [0.25, 0.3) is 0 Å². The molecule has 0 saturated heterocycles. The van der Waals surface area contributed by atoms with Crippen molar-refractivity contribution in [1.29, 1.82) is 0 Å². The summed E-state index contributed by atoms with van der Waals surface area (Å²) in [5.41, 5.74) is 4.11. The van der Waals surface area contributed by atoms with Crippen molar-refractivity contribution in [2.45, 2.75) is 45.7 Å². The molecule has 3 rings (SSSR count). The van der Waals surface area contributed by atoms with Gasteiger partial charge < -0.3 is 15.0 Å². The summed E-state index contributed by atoms with van der Waals surface area (Å²) in [6.45, 7) is 6.38. The highest BCUT2D eigenvalue weighted by Crippen LogP contribution is 2.26. The van der Waals surface area contributed by atoms with Crippen LogP contribution in [0.2, 0.25) is 0 Å². The van der Waals surface area contributed by atoms with Gasteiger partial charge in [-0.15, -0.1) is 0 Å². The van der Waals surface area contributed by atoms with E-state index in [4.69, 9.17) is 4.74 Å². The molecule has 0 radical (unpaired) electrons. The highest BCUT2D eigenvalue weighted by molar-refractivity contribution is 5.88. The molecule has 0 fully saturated rings. The fraction of sp³-hybridized carbons (Fsp3) is 0.310. The molecule has 0 aliphatic heterocycles. The number of nitrogens with zero attached hydrogens (tertiary/aromatic N) is 1. The third-order valence-electron chi connectivity index (χ3n) is 5.85. The van der Waals surface area contributed by atoms with Gasteiger partial charge in [0.15, 0.2) is 6.61 Å². The number of carbonyl (C=O) groups is 2. The second-order valence-electron chi connectivity index (χ2n) is 8.81. The second kappa shape index (κ2) is 12.0. The molecular weight excluding hydrogens is 424 g/mol. The van der Waals surface area contributed by atoms with Crippen molar-refractivity contribution in [3.05, 3.63) is 101 Å². The Morgan fingerprint density at radius 2 is 1.59 bits per heavy atom. The fourth-order valence-corrected chi connectivity index (χ4v) is 4.04. The van der Waals surface area contributed by atoms with Gasteiger partial charge in [0.1, 0.15) is 11.8 Å². The summed E-state index contributed by atoms with van der Waals surface area (Å²) < 4.78 is 5.99. The Labute approximate surface area is 202 Å². The lowest BCUT2D eigenvalue weighted by Gasteiger charge is -2.31. The van der Waals surface area contributed by atoms with Crippen LogP contribution in [-0.2, 0) is 22.6 Å². The number of likely N-dealkylation sites (N-methyl/N-ethyl adjacent to an activating group) is 1. The number of amides is 2. The number of nitrogens with one attached hydrogen (secondary N) is 1. The van der Waals surface area contributed by atoms with E-state index in [9.17, 15) is 9.59 Å². The van der Waals surface area contributed by atoms with Crippen LogP contribution in [-0.4, -0.2) is 36.4 Å². The summed E-state index contributed by atoms with van der Waals surface area (Å²) in [6, 6.07) is 24.9. The molecule has 5 nitrogen and oxygen atoms in total. The number of ether oxygens (including phenoxy) is 1. The minimum absolute atomic E-state index is 0.141. The number of hydrogen-bond donors (Lipinski definition) is 1. The minimum Gasteiger partial charge on any atom is -0.483 e. The third kappa shape index (κ3) is 6.70. The van der Waals surface area contributed by atoms with Crippen LogP contribution in [0.3, 0.4) is 0 Å². The van der Waals surface area contributed by atoms with Gasteiger partial charge in [-0.1, -0.05) is 92.2 Å². The van der Waals surface area contributed by atoms with Gasteiger partial charge in [-0.3, -0.25) is 9.59 Å². The molecule has 34 heavy (non-hydrogen) atoms. The van der Waals surface area contributed by atoms with E-state index in [0.29, 0.717) is 18.7 Å². The quantitative estimate of drug-likeness (QED) is 0.471. The predicted octanol–water partition coefficient (Wildman–Crippen LogP) is 4.88. The molecule has 5 heteroatoms. The number of benzene rings is 3. The number of aryl methyl sites for hydroxylation is 1.